The summed E-state index contributed by atoms with van der Waals surface area (Å²) in [5, 5.41) is 0. The minimum atomic E-state index is 0.524. The first kappa shape index (κ1) is 16.0. The van der Waals surface area contributed by atoms with Crippen molar-refractivity contribution < 1.29 is 4.48 Å². The Kier molecular flexibility index (Phi) is 4.16. The van der Waals surface area contributed by atoms with Gasteiger partial charge in [-0.3, -0.25) is 0 Å². The van der Waals surface area contributed by atoms with Gasteiger partial charge in [0.1, 0.15) is 6.04 Å². The Hall–Kier alpha value is -1.86. The zero-order valence-corrected chi connectivity index (χ0v) is 15.0. The minimum Gasteiger partial charge on any atom is -0.320 e. The van der Waals surface area contributed by atoms with Crippen LogP contribution in [0.1, 0.15) is 31.9 Å². The molecule has 0 aromatic heterocycles. The highest BCUT2D eigenvalue weighted by Crippen LogP contribution is 2.44. The van der Waals surface area contributed by atoms with Crippen molar-refractivity contribution in [2.45, 2.75) is 32.9 Å². The van der Waals surface area contributed by atoms with Gasteiger partial charge in [0.05, 0.1) is 20.1 Å². The van der Waals surface area contributed by atoms with Gasteiger partial charge in [0.25, 0.3) is 0 Å². The molecule has 3 rings (SSSR count). The Balaban J connectivity index is 2.28. The van der Waals surface area contributed by atoms with Gasteiger partial charge in [0.2, 0.25) is 0 Å². The van der Waals surface area contributed by atoms with Crippen molar-refractivity contribution in [3.05, 3.63) is 77.4 Å². The summed E-state index contributed by atoms with van der Waals surface area (Å²) in [5.41, 5.74) is 5.70. The van der Waals surface area contributed by atoms with Crippen LogP contribution in [-0.4, -0.2) is 30.7 Å². The molecule has 1 heteroatoms. The first-order valence-corrected chi connectivity index (χ1v) is 8.62. The number of quaternary nitrogens is 1. The summed E-state index contributed by atoms with van der Waals surface area (Å²) < 4.78 is 1.06. The number of hydrogen-bond donors (Lipinski definition) is 0. The summed E-state index contributed by atoms with van der Waals surface area (Å²) in [7, 11) is 4.74. The van der Waals surface area contributed by atoms with Gasteiger partial charge in [-0.25, -0.2) is 0 Å². The molecule has 1 heterocycles. The second-order valence-corrected chi connectivity index (χ2v) is 7.40. The second kappa shape index (κ2) is 5.98. The lowest BCUT2D eigenvalue weighted by Gasteiger charge is -2.34. The van der Waals surface area contributed by atoms with E-state index >= 15 is 0 Å². The average molecular weight is 306 g/mol. The molecule has 0 bridgehead atoms. The van der Waals surface area contributed by atoms with Crippen molar-refractivity contribution in [2.75, 3.05) is 14.1 Å². The van der Waals surface area contributed by atoms with E-state index in [1.807, 2.05) is 0 Å². The Morgan fingerprint density at radius 2 is 1.17 bits per heavy atom. The summed E-state index contributed by atoms with van der Waals surface area (Å²) in [6, 6.07) is 22.9. The lowest BCUT2D eigenvalue weighted by Crippen LogP contribution is -2.48. The molecule has 0 radical (unpaired) electrons. The molecule has 1 aliphatic rings. The van der Waals surface area contributed by atoms with Crippen LogP contribution in [0.15, 0.2) is 66.2 Å². The third-order valence-electron chi connectivity index (χ3n) is 6.13. The van der Waals surface area contributed by atoms with Gasteiger partial charge in [-0.2, -0.15) is 0 Å². The van der Waals surface area contributed by atoms with Gasteiger partial charge >= 0.3 is 0 Å². The molecule has 0 amide bonds. The van der Waals surface area contributed by atoms with E-state index in [1.165, 1.54) is 16.7 Å². The third-order valence-corrected chi connectivity index (χ3v) is 6.13. The molecule has 120 valence electrons. The van der Waals surface area contributed by atoms with Crippen LogP contribution in [0, 0.1) is 5.92 Å². The van der Waals surface area contributed by atoms with Gasteiger partial charge in [-0.05, 0) is 30.5 Å². The van der Waals surface area contributed by atoms with Crippen LogP contribution in [0.2, 0.25) is 0 Å². The molecule has 0 saturated carbocycles. The van der Waals surface area contributed by atoms with Crippen molar-refractivity contribution >= 4 is 5.57 Å². The predicted molar refractivity (Wildman–Crippen MR) is 99.1 cm³/mol. The van der Waals surface area contributed by atoms with E-state index in [-0.39, 0.29) is 0 Å². The second-order valence-electron chi connectivity index (χ2n) is 7.40. The first-order chi connectivity index (χ1) is 10.9. The van der Waals surface area contributed by atoms with Crippen molar-refractivity contribution in [3.63, 3.8) is 0 Å². The van der Waals surface area contributed by atoms with Crippen LogP contribution in [-0.2, 0) is 0 Å². The molecule has 2 aromatic rings. The van der Waals surface area contributed by atoms with Crippen molar-refractivity contribution in [2.24, 2.45) is 5.92 Å². The van der Waals surface area contributed by atoms with Gasteiger partial charge in [0, 0.05) is 11.5 Å². The normalized spacial score (nSPS) is 26.3. The molecule has 2 aromatic carbocycles. The lowest BCUT2D eigenvalue weighted by molar-refractivity contribution is -0.920. The number of hydrogen-bond acceptors (Lipinski definition) is 0. The highest BCUT2D eigenvalue weighted by atomic mass is 15.4. The molecule has 23 heavy (non-hydrogen) atoms. The van der Waals surface area contributed by atoms with E-state index in [0.29, 0.717) is 18.0 Å². The van der Waals surface area contributed by atoms with Gasteiger partial charge in [-0.15, -0.1) is 0 Å². The predicted octanol–water partition coefficient (Wildman–Crippen LogP) is 4.99. The monoisotopic (exact) mass is 306 g/mol. The highest BCUT2D eigenvalue weighted by Gasteiger charge is 2.47. The van der Waals surface area contributed by atoms with E-state index < -0.39 is 0 Å². The van der Waals surface area contributed by atoms with E-state index in [2.05, 4.69) is 95.5 Å². The van der Waals surface area contributed by atoms with Crippen LogP contribution in [0.3, 0.4) is 0 Å². The van der Waals surface area contributed by atoms with Crippen LogP contribution in [0.25, 0.3) is 5.57 Å². The zero-order valence-electron chi connectivity index (χ0n) is 15.0. The first-order valence-electron chi connectivity index (χ1n) is 8.62. The third kappa shape index (κ3) is 2.64. The molecular formula is C22H28N+. The maximum atomic E-state index is 2.40. The fourth-order valence-electron chi connectivity index (χ4n) is 4.07. The molecule has 1 fully saturated rings. The summed E-state index contributed by atoms with van der Waals surface area (Å²) in [6.45, 7) is 7.18. The molecule has 3 atom stereocenters. The van der Waals surface area contributed by atoms with Gasteiger partial charge in [0.15, 0.2) is 0 Å². The number of rotatable bonds is 2. The van der Waals surface area contributed by atoms with Crippen molar-refractivity contribution in [1.29, 1.82) is 0 Å². The molecule has 0 aliphatic carbocycles. The van der Waals surface area contributed by atoms with Crippen molar-refractivity contribution in [3.8, 4) is 0 Å². The van der Waals surface area contributed by atoms with Crippen molar-refractivity contribution in [1.82, 2.24) is 0 Å². The molecular weight excluding hydrogens is 278 g/mol. The molecule has 3 unspecified atom stereocenters. The van der Waals surface area contributed by atoms with Crippen LogP contribution < -0.4 is 0 Å². The van der Waals surface area contributed by atoms with E-state index in [4.69, 9.17) is 0 Å². The average Bonchev–Trinajstić information content (AvgIpc) is 2.72. The smallest absolute Gasteiger partial charge is 0.109 e. The fourth-order valence-corrected chi connectivity index (χ4v) is 4.07. The maximum Gasteiger partial charge on any atom is 0.109 e. The van der Waals surface area contributed by atoms with E-state index in [0.717, 1.165) is 4.48 Å². The fraction of sp³-hybridized carbons (Fsp3) is 0.364. The standard InChI is InChI=1S/C22H28N/c1-16-17(2)23(4,5)18(3)21(16)22(19-12-8-6-9-13-19)20-14-10-7-11-15-20/h6-18H,1-5H3/q+1. The minimum absolute atomic E-state index is 0.524. The Labute approximate surface area is 140 Å². The summed E-state index contributed by atoms with van der Waals surface area (Å²) in [6.07, 6.45) is 0. The number of likely N-dealkylation sites (N-methyl/N-ethyl adjacent to an activating group) is 1. The number of benzene rings is 2. The lowest BCUT2D eigenvalue weighted by atomic mass is 9.85. The molecule has 0 N–H and O–H groups in total. The summed E-state index contributed by atoms with van der Waals surface area (Å²) in [4.78, 5) is 0. The molecule has 0 spiro atoms. The topological polar surface area (TPSA) is 0 Å². The van der Waals surface area contributed by atoms with Crippen LogP contribution in [0.4, 0.5) is 0 Å². The maximum absolute atomic E-state index is 2.40. The van der Waals surface area contributed by atoms with Crippen LogP contribution >= 0.6 is 0 Å². The zero-order chi connectivity index (χ0) is 16.6. The number of likely N-dealkylation sites (tertiary alicyclic amines) is 1. The van der Waals surface area contributed by atoms with E-state index in [9.17, 15) is 0 Å². The quantitative estimate of drug-likeness (QED) is 0.686. The van der Waals surface area contributed by atoms with Gasteiger partial charge in [-0.1, -0.05) is 67.6 Å². The molecule has 1 saturated heterocycles. The highest BCUT2D eigenvalue weighted by molar-refractivity contribution is 5.83. The summed E-state index contributed by atoms with van der Waals surface area (Å²) in [5.74, 6) is 0.579. The molecule has 1 nitrogen and oxygen atoms in total. The van der Waals surface area contributed by atoms with Gasteiger partial charge < -0.3 is 4.48 Å². The van der Waals surface area contributed by atoms with Crippen LogP contribution in [0.5, 0.6) is 0 Å². The SMILES string of the molecule is CC1C(=C(c2ccccc2)c2ccccc2)C(C)[N+](C)(C)C1C. The largest absolute Gasteiger partial charge is 0.320 e. The summed E-state index contributed by atoms with van der Waals surface area (Å²) >= 11 is 0. The Morgan fingerprint density at radius 3 is 1.52 bits per heavy atom. The Morgan fingerprint density at radius 1 is 0.739 bits per heavy atom. The van der Waals surface area contributed by atoms with E-state index in [1.54, 1.807) is 5.57 Å². The Bertz CT molecular complexity index is 656. The molecule has 1 aliphatic heterocycles. The number of nitrogens with zero attached hydrogens (tertiary/aromatic N) is 1.